The van der Waals surface area contributed by atoms with Gasteiger partial charge in [-0.1, -0.05) is 35.9 Å². The molecular formula is C19H20ClN3OS. The molecule has 1 heterocycles. The lowest BCUT2D eigenvalue weighted by Crippen LogP contribution is -2.52. The second-order valence-electron chi connectivity index (χ2n) is 6.03. The van der Waals surface area contributed by atoms with Crippen molar-refractivity contribution in [3.8, 4) is 0 Å². The van der Waals surface area contributed by atoms with Crippen molar-refractivity contribution in [1.82, 2.24) is 10.2 Å². The molecule has 4 nitrogen and oxygen atoms in total. The van der Waals surface area contributed by atoms with Gasteiger partial charge in [0.25, 0.3) is 5.91 Å². The SMILES string of the molecule is Cc1ccc(Cl)cc1N1CCN(C(=S)NC(=O)c2ccccc2)CC1. The Bertz CT molecular complexity index is 773. The number of carbonyl (C=O) groups is 1. The summed E-state index contributed by atoms with van der Waals surface area (Å²) in [7, 11) is 0. The van der Waals surface area contributed by atoms with Crippen molar-refractivity contribution in [3.63, 3.8) is 0 Å². The van der Waals surface area contributed by atoms with Crippen molar-refractivity contribution in [2.75, 3.05) is 31.1 Å². The first-order valence-electron chi connectivity index (χ1n) is 8.21. The van der Waals surface area contributed by atoms with Crippen LogP contribution in [0.2, 0.25) is 5.02 Å². The van der Waals surface area contributed by atoms with E-state index in [1.165, 1.54) is 5.56 Å². The van der Waals surface area contributed by atoms with Crippen LogP contribution in [0.5, 0.6) is 0 Å². The Hall–Kier alpha value is -2.11. The molecule has 6 heteroatoms. The van der Waals surface area contributed by atoms with Crippen LogP contribution < -0.4 is 10.2 Å². The molecule has 1 amide bonds. The molecule has 2 aromatic carbocycles. The minimum absolute atomic E-state index is 0.168. The average Bonchev–Trinajstić information content (AvgIpc) is 2.64. The molecule has 0 bridgehead atoms. The highest BCUT2D eigenvalue weighted by Gasteiger charge is 2.21. The number of hydrogen-bond donors (Lipinski definition) is 1. The summed E-state index contributed by atoms with van der Waals surface area (Å²) in [5.74, 6) is -0.168. The van der Waals surface area contributed by atoms with E-state index in [1.807, 2.05) is 41.3 Å². The third-order valence-corrected chi connectivity index (χ3v) is 4.93. The largest absolute Gasteiger partial charge is 0.368 e. The molecule has 1 aliphatic heterocycles. The van der Waals surface area contributed by atoms with Gasteiger partial charge in [0.2, 0.25) is 0 Å². The van der Waals surface area contributed by atoms with E-state index in [4.69, 9.17) is 23.8 Å². The van der Waals surface area contributed by atoms with E-state index in [0.717, 1.165) is 36.9 Å². The van der Waals surface area contributed by atoms with Gasteiger partial charge in [-0.15, -0.1) is 0 Å². The van der Waals surface area contributed by atoms with Crippen LogP contribution in [0.3, 0.4) is 0 Å². The number of amides is 1. The van der Waals surface area contributed by atoms with Crippen molar-refractivity contribution in [3.05, 3.63) is 64.7 Å². The molecule has 0 spiro atoms. The number of anilines is 1. The Morgan fingerprint density at radius 3 is 2.44 bits per heavy atom. The van der Waals surface area contributed by atoms with Gasteiger partial charge in [0, 0.05) is 42.5 Å². The first-order valence-corrected chi connectivity index (χ1v) is 8.99. The molecule has 2 aromatic rings. The summed E-state index contributed by atoms with van der Waals surface area (Å²) >= 11 is 11.5. The maximum absolute atomic E-state index is 12.2. The van der Waals surface area contributed by atoms with E-state index in [2.05, 4.69) is 17.1 Å². The van der Waals surface area contributed by atoms with E-state index >= 15 is 0 Å². The standard InChI is InChI=1S/C19H20ClN3OS/c1-14-7-8-16(20)13-17(14)22-9-11-23(12-10-22)19(25)21-18(24)15-5-3-2-4-6-15/h2-8,13H,9-12H2,1H3,(H,21,24,25). The zero-order valence-electron chi connectivity index (χ0n) is 14.0. The summed E-state index contributed by atoms with van der Waals surface area (Å²) in [5, 5.41) is 4.05. The molecule has 1 saturated heterocycles. The average molecular weight is 374 g/mol. The first kappa shape index (κ1) is 17.7. The van der Waals surface area contributed by atoms with Crippen molar-refractivity contribution in [1.29, 1.82) is 0 Å². The molecule has 25 heavy (non-hydrogen) atoms. The number of nitrogens with one attached hydrogen (secondary N) is 1. The van der Waals surface area contributed by atoms with Gasteiger partial charge >= 0.3 is 0 Å². The Balaban J connectivity index is 1.57. The zero-order valence-corrected chi connectivity index (χ0v) is 15.6. The molecule has 130 valence electrons. The minimum Gasteiger partial charge on any atom is -0.368 e. The molecule has 0 unspecified atom stereocenters. The third-order valence-electron chi connectivity index (χ3n) is 4.34. The third kappa shape index (κ3) is 4.30. The van der Waals surface area contributed by atoms with Crippen LogP contribution in [0.15, 0.2) is 48.5 Å². The highest BCUT2D eigenvalue weighted by molar-refractivity contribution is 7.80. The topological polar surface area (TPSA) is 35.6 Å². The summed E-state index contributed by atoms with van der Waals surface area (Å²) in [6.07, 6.45) is 0. The van der Waals surface area contributed by atoms with Crippen molar-refractivity contribution < 1.29 is 4.79 Å². The molecule has 1 fully saturated rings. The van der Waals surface area contributed by atoms with Gasteiger partial charge < -0.3 is 9.80 Å². The van der Waals surface area contributed by atoms with Gasteiger partial charge in [-0.25, -0.2) is 0 Å². The predicted octanol–water partition coefficient (Wildman–Crippen LogP) is 3.49. The Morgan fingerprint density at radius 2 is 1.76 bits per heavy atom. The Kier molecular flexibility index (Phi) is 5.56. The van der Waals surface area contributed by atoms with E-state index in [9.17, 15) is 4.79 Å². The molecule has 0 atom stereocenters. The van der Waals surface area contributed by atoms with Gasteiger partial charge in [0.15, 0.2) is 5.11 Å². The van der Waals surface area contributed by atoms with Crippen LogP contribution in [0, 0.1) is 6.92 Å². The molecule has 1 aliphatic rings. The summed E-state index contributed by atoms with van der Waals surface area (Å²) in [6, 6.07) is 15.1. The fourth-order valence-electron chi connectivity index (χ4n) is 2.91. The minimum atomic E-state index is -0.168. The van der Waals surface area contributed by atoms with Gasteiger partial charge in [-0.2, -0.15) is 0 Å². The molecule has 0 aliphatic carbocycles. The van der Waals surface area contributed by atoms with E-state index in [-0.39, 0.29) is 5.91 Å². The summed E-state index contributed by atoms with van der Waals surface area (Å²) in [6.45, 7) is 5.29. The molecule has 0 aromatic heterocycles. The summed E-state index contributed by atoms with van der Waals surface area (Å²) in [4.78, 5) is 16.6. The molecule has 1 N–H and O–H groups in total. The quantitative estimate of drug-likeness (QED) is 0.817. The number of rotatable bonds is 2. The lowest BCUT2D eigenvalue weighted by Gasteiger charge is -2.38. The number of thiocarbonyl (C=S) groups is 1. The van der Waals surface area contributed by atoms with Gasteiger partial charge in [-0.05, 0) is 49.0 Å². The molecular weight excluding hydrogens is 354 g/mol. The lowest BCUT2D eigenvalue weighted by atomic mass is 10.1. The lowest BCUT2D eigenvalue weighted by molar-refractivity contribution is 0.0973. The first-order chi connectivity index (χ1) is 12.0. The van der Waals surface area contributed by atoms with E-state index < -0.39 is 0 Å². The second-order valence-corrected chi connectivity index (χ2v) is 6.85. The van der Waals surface area contributed by atoms with Crippen LogP contribution in [0.1, 0.15) is 15.9 Å². The highest BCUT2D eigenvalue weighted by atomic mass is 35.5. The monoisotopic (exact) mass is 373 g/mol. The summed E-state index contributed by atoms with van der Waals surface area (Å²) < 4.78 is 0. The highest BCUT2D eigenvalue weighted by Crippen LogP contribution is 2.25. The Morgan fingerprint density at radius 1 is 1.08 bits per heavy atom. The van der Waals surface area contributed by atoms with Crippen molar-refractivity contribution in [2.24, 2.45) is 0 Å². The number of piperazine rings is 1. The summed E-state index contributed by atoms with van der Waals surface area (Å²) in [5.41, 5.74) is 2.97. The van der Waals surface area contributed by atoms with Gasteiger partial charge in [0.1, 0.15) is 0 Å². The molecule has 0 saturated carbocycles. The maximum Gasteiger partial charge on any atom is 0.257 e. The van der Waals surface area contributed by atoms with Crippen LogP contribution in [0.25, 0.3) is 0 Å². The van der Waals surface area contributed by atoms with E-state index in [1.54, 1.807) is 12.1 Å². The van der Waals surface area contributed by atoms with Gasteiger partial charge in [-0.3, -0.25) is 10.1 Å². The number of halogens is 1. The van der Waals surface area contributed by atoms with Crippen LogP contribution in [-0.4, -0.2) is 42.1 Å². The normalized spacial score (nSPS) is 14.3. The van der Waals surface area contributed by atoms with Crippen molar-refractivity contribution >= 4 is 40.5 Å². The number of aryl methyl sites for hydroxylation is 1. The molecule has 3 rings (SSSR count). The van der Waals surface area contributed by atoms with Crippen LogP contribution in [0.4, 0.5) is 5.69 Å². The van der Waals surface area contributed by atoms with Crippen molar-refractivity contribution in [2.45, 2.75) is 6.92 Å². The van der Waals surface area contributed by atoms with Gasteiger partial charge in [0.05, 0.1) is 0 Å². The van der Waals surface area contributed by atoms with E-state index in [0.29, 0.717) is 10.7 Å². The number of hydrogen-bond acceptors (Lipinski definition) is 3. The molecule has 0 radical (unpaired) electrons. The second kappa shape index (κ2) is 7.85. The number of carbonyl (C=O) groups excluding carboxylic acids is 1. The fraction of sp³-hybridized carbons (Fsp3) is 0.263. The van der Waals surface area contributed by atoms with Crippen LogP contribution in [-0.2, 0) is 0 Å². The Labute approximate surface area is 158 Å². The fourth-order valence-corrected chi connectivity index (χ4v) is 3.35. The number of nitrogens with zero attached hydrogens (tertiary/aromatic N) is 2. The number of benzene rings is 2. The maximum atomic E-state index is 12.2. The van der Waals surface area contributed by atoms with Crippen LogP contribution >= 0.6 is 23.8 Å². The zero-order chi connectivity index (χ0) is 17.8. The smallest absolute Gasteiger partial charge is 0.257 e. The predicted molar refractivity (Wildman–Crippen MR) is 106 cm³/mol.